The van der Waals surface area contributed by atoms with Crippen LogP contribution in [0.2, 0.25) is 0 Å². The molecule has 0 radical (unpaired) electrons. The van der Waals surface area contributed by atoms with Crippen molar-refractivity contribution in [3.8, 4) is 0 Å². The Balaban J connectivity index is 2.09. The Kier molecular flexibility index (Phi) is 5.06. The summed E-state index contributed by atoms with van der Waals surface area (Å²) in [5.74, 6) is 0. The van der Waals surface area contributed by atoms with Crippen molar-refractivity contribution >= 4 is 23.8 Å². The Morgan fingerprint density at radius 1 is 1.25 bits per heavy atom. The first-order valence-electron chi connectivity index (χ1n) is 7.68. The molecule has 1 fully saturated rings. The van der Waals surface area contributed by atoms with Crippen molar-refractivity contribution in [2.24, 2.45) is 0 Å². The van der Waals surface area contributed by atoms with Crippen molar-refractivity contribution in [2.45, 2.75) is 26.4 Å². The van der Waals surface area contributed by atoms with E-state index in [1.807, 2.05) is 4.90 Å². The number of hydrogen-bond donors (Lipinski definition) is 0. The van der Waals surface area contributed by atoms with Crippen molar-refractivity contribution in [1.82, 2.24) is 4.90 Å². The fourth-order valence-electron chi connectivity index (χ4n) is 2.48. The lowest BCUT2D eigenvalue weighted by molar-refractivity contribution is -0.384. The van der Waals surface area contributed by atoms with Crippen LogP contribution in [0.4, 0.5) is 16.2 Å². The highest BCUT2D eigenvalue weighted by molar-refractivity contribution is 5.85. The number of carbonyl (C=O) groups is 2. The van der Waals surface area contributed by atoms with Crippen LogP contribution >= 0.6 is 0 Å². The maximum absolute atomic E-state index is 12.1. The van der Waals surface area contributed by atoms with E-state index in [9.17, 15) is 19.7 Å². The van der Waals surface area contributed by atoms with Gasteiger partial charge in [0.25, 0.3) is 5.69 Å². The minimum absolute atomic E-state index is 0.0647. The monoisotopic (exact) mass is 335 g/mol. The van der Waals surface area contributed by atoms with Crippen LogP contribution in [0.1, 0.15) is 31.1 Å². The molecule has 0 saturated carbocycles. The van der Waals surface area contributed by atoms with Gasteiger partial charge in [0, 0.05) is 43.9 Å². The van der Waals surface area contributed by atoms with Crippen molar-refractivity contribution < 1.29 is 19.2 Å². The van der Waals surface area contributed by atoms with E-state index in [1.54, 1.807) is 25.7 Å². The first-order valence-corrected chi connectivity index (χ1v) is 7.68. The molecular weight excluding hydrogens is 314 g/mol. The molecule has 1 aliphatic heterocycles. The summed E-state index contributed by atoms with van der Waals surface area (Å²) in [6, 6.07) is 4.15. The highest BCUT2D eigenvalue weighted by Crippen LogP contribution is 2.26. The smallest absolute Gasteiger partial charge is 0.410 e. The lowest BCUT2D eigenvalue weighted by atomic mass is 10.1. The molecule has 0 aromatic heterocycles. The maximum Gasteiger partial charge on any atom is 0.410 e. The zero-order chi connectivity index (χ0) is 17.9. The quantitative estimate of drug-likeness (QED) is 0.478. The van der Waals surface area contributed by atoms with E-state index in [4.69, 9.17) is 4.74 Å². The minimum atomic E-state index is -0.557. The number of piperazine rings is 1. The number of aldehydes is 1. The van der Waals surface area contributed by atoms with Gasteiger partial charge >= 0.3 is 6.09 Å². The van der Waals surface area contributed by atoms with Gasteiger partial charge in [-0.1, -0.05) is 0 Å². The van der Waals surface area contributed by atoms with Crippen LogP contribution in [0.3, 0.4) is 0 Å². The van der Waals surface area contributed by atoms with Gasteiger partial charge < -0.3 is 14.5 Å². The average molecular weight is 335 g/mol. The Morgan fingerprint density at radius 3 is 2.38 bits per heavy atom. The lowest BCUT2D eigenvalue weighted by Gasteiger charge is -2.37. The summed E-state index contributed by atoms with van der Waals surface area (Å²) < 4.78 is 5.34. The van der Waals surface area contributed by atoms with Gasteiger partial charge in [0.1, 0.15) is 5.60 Å². The predicted octanol–water partition coefficient (Wildman–Crippen LogP) is 2.46. The third-order valence-corrected chi connectivity index (χ3v) is 3.62. The molecule has 8 heteroatoms. The fraction of sp³-hybridized carbons (Fsp3) is 0.500. The fourth-order valence-corrected chi connectivity index (χ4v) is 2.48. The van der Waals surface area contributed by atoms with Crippen LogP contribution < -0.4 is 4.90 Å². The first-order chi connectivity index (χ1) is 11.2. The second-order valence-electron chi connectivity index (χ2n) is 6.57. The third-order valence-electron chi connectivity index (χ3n) is 3.62. The largest absolute Gasteiger partial charge is 0.444 e. The van der Waals surface area contributed by atoms with Gasteiger partial charge in [0.15, 0.2) is 6.29 Å². The molecule has 0 atom stereocenters. The van der Waals surface area contributed by atoms with Crippen LogP contribution in [-0.4, -0.2) is 54.0 Å². The molecule has 0 spiro atoms. The minimum Gasteiger partial charge on any atom is -0.444 e. The highest BCUT2D eigenvalue weighted by atomic mass is 16.6. The standard InChI is InChI=1S/C16H21N3O5/c1-16(2,3)24-15(21)18-8-6-17(7-9-18)14-10-13(19(22)23)5-4-12(14)11-20/h4-5,10-11H,6-9H2,1-3H3. The number of amides is 1. The first kappa shape index (κ1) is 17.7. The van der Waals surface area contributed by atoms with Crippen LogP contribution in [0, 0.1) is 10.1 Å². The van der Waals surface area contributed by atoms with Crippen LogP contribution in [0.15, 0.2) is 18.2 Å². The molecule has 1 amide bonds. The second kappa shape index (κ2) is 6.86. The molecule has 8 nitrogen and oxygen atoms in total. The van der Waals surface area contributed by atoms with E-state index in [0.29, 0.717) is 43.7 Å². The number of nitrogens with zero attached hydrogens (tertiary/aromatic N) is 3. The Morgan fingerprint density at radius 2 is 1.88 bits per heavy atom. The highest BCUT2D eigenvalue weighted by Gasteiger charge is 2.27. The van der Waals surface area contributed by atoms with Gasteiger partial charge in [0.05, 0.1) is 10.6 Å². The molecule has 2 rings (SSSR count). The van der Waals surface area contributed by atoms with Gasteiger partial charge in [-0.15, -0.1) is 0 Å². The lowest BCUT2D eigenvalue weighted by Crippen LogP contribution is -2.50. The van der Waals surface area contributed by atoms with Gasteiger partial charge in [-0.3, -0.25) is 14.9 Å². The molecule has 130 valence electrons. The number of hydrogen-bond acceptors (Lipinski definition) is 6. The number of benzene rings is 1. The summed E-state index contributed by atoms with van der Waals surface area (Å²) in [5.41, 5.74) is 0.290. The Hall–Kier alpha value is -2.64. The average Bonchev–Trinajstić information content (AvgIpc) is 2.52. The number of non-ortho nitro benzene ring substituents is 1. The normalized spacial score (nSPS) is 15.1. The molecule has 1 heterocycles. The molecular formula is C16H21N3O5. The summed E-state index contributed by atoms with van der Waals surface area (Å²) in [5, 5.41) is 10.9. The van der Waals surface area contributed by atoms with Gasteiger partial charge in [-0.2, -0.15) is 0 Å². The molecule has 1 aromatic rings. The Labute approximate surface area is 140 Å². The summed E-state index contributed by atoms with van der Waals surface area (Å²) >= 11 is 0. The molecule has 0 N–H and O–H groups in total. The second-order valence-corrected chi connectivity index (χ2v) is 6.57. The van der Waals surface area contributed by atoms with E-state index in [-0.39, 0.29) is 11.8 Å². The van der Waals surface area contributed by atoms with Crippen molar-refractivity contribution in [3.63, 3.8) is 0 Å². The summed E-state index contributed by atoms with van der Waals surface area (Å²) in [6.45, 7) is 7.22. The molecule has 0 aliphatic carbocycles. The van der Waals surface area contributed by atoms with E-state index in [0.717, 1.165) is 0 Å². The molecule has 1 aliphatic rings. The molecule has 0 unspecified atom stereocenters. The summed E-state index contributed by atoms with van der Waals surface area (Å²) in [6.07, 6.45) is 0.302. The van der Waals surface area contributed by atoms with E-state index >= 15 is 0 Å². The number of nitro benzene ring substituents is 1. The third kappa shape index (κ3) is 4.21. The SMILES string of the molecule is CC(C)(C)OC(=O)N1CCN(c2cc([N+](=O)[O-])ccc2C=O)CC1. The maximum atomic E-state index is 12.1. The molecule has 1 aromatic carbocycles. The molecule has 24 heavy (non-hydrogen) atoms. The van der Waals surface area contributed by atoms with Gasteiger partial charge in [-0.25, -0.2) is 4.79 Å². The number of ether oxygens (including phenoxy) is 1. The van der Waals surface area contributed by atoms with Crippen molar-refractivity contribution in [3.05, 3.63) is 33.9 Å². The predicted molar refractivity (Wildman–Crippen MR) is 88.5 cm³/mol. The zero-order valence-electron chi connectivity index (χ0n) is 14.0. The van der Waals surface area contributed by atoms with Gasteiger partial charge in [0.2, 0.25) is 0 Å². The van der Waals surface area contributed by atoms with Crippen LogP contribution in [0.25, 0.3) is 0 Å². The molecule has 0 bridgehead atoms. The number of nitro groups is 1. The number of carbonyl (C=O) groups excluding carboxylic acids is 2. The summed E-state index contributed by atoms with van der Waals surface area (Å²) in [4.78, 5) is 37.2. The number of anilines is 1. The van der Waals surface area contributed by atoms with Crippen LogP contribution in [-0.2, 0) is 4.74 Å². The van der Waals surface area contributed by atoms with Crippen molar-refractivity contribution in [2.75, 3.05) is 31.1 Å². The van der Waals surface area contributed by atoms with Gasteiger partial charge in [-0.05, 0) is 26.8 Å². The summed E-state index contributed by atoms with van der Waals surface area (Å²) in [7, 11) is 0. The van der Waals surface area contributed by atoms with E-state index in [2.05, 4.69) is 0 Å². The topological polar surface area (TPSA) is 93.0 Å². The van der Waals surface area contributed by atoms with E-state index < -0.39 is 10.5 Å². The zero-order valence-corrected chi connectivity index (χ0v) is 14.0. The van der Waals surface area contributed by atoms with Crippen molar-refractivity contribution in [1.29, 1.82) is 0 Å². The van der Waals surface area contributed by atoms with Crippen LogP contribution in [0.5, 0.6) is 0 Å². The number of rotatable bonds is 3. The van der Waals surface area contributed by atoms with E-state index in [1.165, 1.54) is 18.2 Å². The Bertz CT molecular complexity index is 646. The molecule has 1 saturated heterocycles.